The number of dihydropyridines is 1. The summed E-state index contributed by atoms with van der Waals surface area (Å²) in [5, 5.41) is 21.3. The molecule has 9 nitrogen and oxygen atoms in total. The van der Waals surface area contributed by atoms with Crippen LogP contribution in [0.1, 0.15) is 27.0 Å². The number of nitrogens with one attached hydrogen (secondary N) is 3. The van der Waals surface area contributed by atoms with E-state index in [-0.39, 0.29) is 5.91 Å². The number of allylic oxidation sites excluding steroid dienone is 2. The van der Waals surface area contributed by atoms with Gasteiger partial charge in [0.25, 0.3) is 5.91 Å². The van der Waals surface area contributed by atoms with E-state index in [0.717, 1.165) is 35.1 Å². The number of hydrogen-bond acceptors (Lipinski definition) is 7. The number of nitrogens with zero attached hydrogens (tertiary/aromatic N) is 2. The lowest BCUT2D eigenvalue weighted by Crippen LogP contribution is -2.88. The summed E-state index contributed by atoms with van der Waals surface area (Å²) in [5.74, 6) is 0.0139. The molecule has 0 fully saturated rings. The van der Waals surface area contributed by atoms with Crippen LogP contribution in [0, 0.1) is 23.5 Å². The fraction of sp³-hybridized carbons (Fsp3) is 0.188. The molecule has 13 heteroatoms. The number of aliphatic hydroxyl groups is 1. The summed E-state index contributed by atoms with van der Waals surface area (Å²) in [6, 6.07) is 14.3. The maximum absolute atomic E-state index is 16.0. The predicted molar refractivity (Wildman–Crippen MR) is 157 cm³/mol. The van der Waals surface area contributed by atoms with Crippen molar-refractivity contribution in [2.24, 2.45) is 5.10 Å². The van der Waals surface area contributed by atoms with Crippen molar-refractivity contribution < 1.29 is 37.7 Å². The molecule has 0 bridgehead atoms. The summed E-state index contributed by atoms with van der Waals surface area (Å²) in [6.45, 7) is -0.494. The molecule has 3 aromatic rings. The van der Waals surface area contributed by atoms with E-state index >= 15 is 8.78 Å². The van der Waals surface area contributed by atoms with Crippen LogP contribution in [-0.4, -0.2) is 47.9 Å². The number of rotatable bonds is 9. The van der Waals surface area contributed by atoms with Crippen molar-refractivity contribution >= 4 is 12.2 Å². The van der Waals surface area contributed by atoms with Crippen LogP contribution in [0.25, 0.3) is 0 Å². The molecular weight excluding hydrogens is 592 g/mol. The topological polar surface area (TPSA) is 115 Å². The van der Waals surface area contributed by atoms with Crippen molar-refractivity contribution in [3.63, 3.8) is 0 Å². The van der Waals surface area contributed by atoms with Crippen LogP contribution in [-0.2, 0) is 12.2 Å². The third-order valence-electron chi connectivity index (χ3n) is 7.16. The Morgan fingerprint density at radius 1 is 1.11 bits per heavy atom. The number of benzene rings is 3. The van der Waals surface area contributed by atoms with E-state index in [0.29, 0.717) is 35.1 Å². The first-order chi connectivity index (χ1) is 21.6. The molecule has 6 N–H and O–H groups in total. The third kappa shape index (κ3) is 6.99. The fourth-order valence-corrected chi connectivity index (χ4v) is 4.67. The Morgan fingerprint density at radius 2 is 1.87 bits per heavy atom. The van der Waals surface area contributed by atoms with Crippen molar-refractivity contribution in [1.29, 1.82) is 0 Å². The third-order valence-corrected chi connectivity index (χ3v) is 7.16. The van der Waals surface area contributed by atoms with Crippen molar-refractivity contribution in [3.05, 3.63) is 125 Å². The Hall–Kier alpha value is -5.16. The highest BCUT2D eigenvalue weighted by Crippen LogP contribution is 2.43. The number of hydrazine groups is 1. The molecule has 0 radical (unpaired) electrons. The van der Waals surface area contributed by atoms with Crippen LogP contribution in [0.5, 0.6) is 5.75 Å². The Bertz CT molecular complexity index is 1700. The van der Waals surface area contributed by atoms with Crippen LogP contribution in [0.15, 0.2) is 95.8 Å². The highest BCUT2D eigenvalue weighted by molar-refractivity contribution is 5.93. The number of amides is 1. The zero-order valence-corrected chi connectivity index (χ0v) is 23.9. The van der Waals surface area contributed by atoms with Crippen LogP contribution < -0.4 is 26.4 Å². The maximum Gasteiger partial charge on any atom is 0.305 e. The van der Waals surface area contributed by atoms with Gasteiger partial charge in [0.15, 0.2) is 11.9 Å². The lowest BCUT2D eigenvalue weighted by atomic mass is 9.82. The first-order valence-corrected chi connectivity index (χ1v) is 13.7. The normalized spacial score (nSPS) is 17.1. The second kappa shape index (κ2) is 13.2. The van der Waals surface area contributed by atoms with Gasteiger partial charge in [-0.05, 0) is 65.7 Å². The number of carbonyl (C=O) groups is 1. The largest absolute Gasteiger partial charge is 0.489 e. The Labute approximate surface area is 256 Å². The number of quaternary nitrogens is 1. The number of nitrogens with two attached hydrogens (primary N) is 1. The molecule has 2 aliphatic rings. The second-order valence-corrected chi connectivity index (χ2v) is 10.2. The van der Waals surface area contributed by atoms with Gasteiger partial charge in [0.2, 0.25) is 0 Å². The molecular formula is C32H29F4N6O3+. The summed E-state index contributed by atoms with van der Waals surface area (Å²) >= 11 is 0. The molecule has 0 saturated heterocycles. The van der Waals surface area contributed by atoms with E-state index in [4.69, 9.17) is 4.74 Å². The van der Waals surface area contributed by atoms with E-state index in [1.54, 1.807) is 43.4 Å². The lowest BCUT2D eigenvalue weighted by molar-refractivity contribution is -0.725. The average Bonchev–Trinajstić information content (AvgIpc) is 3.56. The van der Waals surface area contributed by atoms with Crippen LogP contribution in [0.3, 0.4) is 0 Å². The number of ether oxygens (including phenoxy) is 1. The van der Waals surface area contributed by atoms with Gasteiger partial charge in [0.1, 0.15) is 30.0 Å². The number of alkyl halides is 2. The van der Waals surface area contributed by atoms with Crippen molar-refractivity contribution in [1.82, 2.24) is 21.2 Å². The number of β-amino-alcohol motifs (C(OH)–C–C–N with tert-alkyl or cyclic N) is 1. The van der Waals surface area contributed by atoms with Crippen LogP contribution >= 0.6 is 0 Å². The molecule has 0 aromatic heterocycles. The predicted octanol–water partition coefficient (Wildman–Crippen LogP) is 2.43. The van der Waals surface area contributed by atoms with Gasteiger partial charge in [-0.15, -0.1) is 5.53 Å². The van der Waals surface area contributed by atoms with Crippen LogP contribution in [0.4, 0.5) is 17.6 Å². The van der Waals surface area contributed by atoms with E-state index in [1.165, 1.54) is 17.8 Å². The van der Waals surface area contributed by atoms with Gasteiger partial charge in [0, 0.05) is 41.6 Å². The Kier molecular flexibility index (Phi) is 9.19. The van der Waals surface area contributed by atoms with Gasteiger partial charge in [0.05, 0.1) is 6.54 Å². The summed E-state index contributed by atoms with van der Waals surface area (Å²) in [7, 11) is 1.57. The molecule has 0 spiro atoms. The summed E-state index contributed by atoms with van der Waals surface area (Å²) in [6.07, 6.45) is 4.95. The molecule has 2 atom stereocenters. The van der Waals surface area contributed by atoms with E-state index < -0.39 is 41.3 Å². The average molecular weight is 622 g/mol. The van der Waals surface area contributed by atoms with E-state index in [1.807, 2.05) is 12.1 Å². The van der Waals surface area contributed by atoms with E-state index in [2.05, 4.69) is 33.1 Å². The van der Waals surface area contributed by atoms with E-state index in [9.17, 15) is 18.7 Å². The Morgan fingerprint density at radius 3 is 2.49 bits per heavy atom. The minimum Gasteiger partial charge on any atom is -0.489 e. The standard InChI is InChI=1S/C32H28F4N6O3/c1-37-30(43)24-9-4-23(5-10-24)18-45-26-12-6-21(7-13-26)2-3-22-8-15-29(38-17-22)32(35,36)31(44,19-42-20-39-40-41-42)27-14-11-25(33)16-28(27)34/h4-17,20,29,38,40-41,44H,18-19H2,1H3,(H,37,43)/p+1. The van der Waals surface area contributed by atoms with Gasteiger partial charge in [-0.1, -0.05) is 35.2 Å². The van der Waals surface area contributed by atoms with Gasteiger partial charge in [-0.3, -0.25) is 4.79 Å². The highest BCUT2D eigenvalue weighted by atomic mass is 19.3. The second-order valence-electron chi connectivity index (χ2n) is 10.2. The smallest absolute Gasteiger partial charge is 0.305 e. The molecule has 45 heavy (non-hydrogen) atoms. The molecule has 5 rings (SSSR count). The minimum atomic E-state index is -3.99. The molecule has 232 valence electrons. The molecule has 2 aliphatic heterocycles. The first kappa shape index (κ1) is 31.3. The molecule has 3 aromatic carbocycles. The maximum atomic E-state index is 16.0. The van der Waals surface area contributed by atoms with Crippen molar-refractivity contribution in [2.45, 2.75) is 24.2 Å². The molecule has 2 heterocycles. The molecule has 0 aliphatic carbocycles. The monoisotopic (exact) mass is 621 g/mol. The number of hydrogen-bond donors (Lipinski definition) is 5. The first-order valence-electron chi connectivity index (χ1n) is 13.7. The van der Waals surface area contributed by atoms with Crippen molar-refractivity contribution in [2.75, 3.05) is 13.6 Å². The highest BCUT2D eigenvalue weighted by Gasteiger charge is 2.60. The summed E-state index contributed by atoms with van der Waals surface area (Å²) in [4.78, 5) is 11.7. The molecule has 2 unspecified atom stereocenters. The van der Waals surface area contributed by atoms with Gasteiger partial charge in [-0.25, -0.2) is 22.6 Å². The van der Waals surface area contributed by atoms with Gasteiger partial charge in [-0.2, -0.15) is 0 Å². The zero-order chi connectivity index (χ0) is 32.0. The minimum absolute atomic E-state index is 0.168. The SMILES string of the molecule is CNC(=O)c1ccc(COc2ccc(C#CC3=CNC(C(F)(F)C(O)(CN4C=N[NH2+]N4)c4ccc(F)cc4F)C=C3)cc2)cc1. The Balaban J connectivity index is 1.23. The fourth-order valence-electron chi connectivity index (χ4n) is 4.67. The quantitative estimate of drug-likeness (QED) is 0.143. The lowest BCUT2D eigenvalue weighted by Gasteiger charge is -2.41. The molecule has 1 amide bonds. The molecule has 0 saturated carbocycles. The number of halogens is 4. The number of carbonyl (C=O) groups excluding carboxylic acids is 1. The van der Waals surface area contributed by atoms with Crippen LogP contribution in [0.2, 0.25) is 0 Å². The zero-order valence-electron chi connectivity index (χ0n) is 23.9. The van der Waals surface area contributed by atoms with Gasteiger partial charge >= 0.3 is 5.92 Å². The van der Waals surface area contributed by atoms with Crippen molar-refractivity contribution in [3.8, 4) is 17.6 Å². The van der Waals surface area contributed by atoms with Gasteiger partial charge < -0.3 is 20.5 Å². The summed E-state index contributed by atoms with van der Waals surface area (Å²) in [5.41, 5.74) is 2.39. The summed E-state index contributed by atoms with van der Waals surface area (Å²) < 4.78 is 66.1.